The minimum absolute atomic E-state index is 0.0340. The van der Waals surface area contributed by atoms with Gasteiger partial charge in [-0.3, -0.25) is 0 Å². The van der Waals surface area contributed by atoms with Crippen LogP contribution in [0, 0.1) is 0 Å². The summed E-state index contributed by atoms with van der Waals surface area (Å²) >= 11 is 12.8. The molecule has 1 aliphatic heterocycles. The molecule has 0 aromatic heterocycles. The largest absolute Gasteiger partial charge is 0.116 e. The third kappa shape index (κ3) is 1.28. The second-order valence-corrected chi connectivity index (χ2v) is 3.55. The fourth-order valence-electron chi connectivity index (χ4n) is 0.358. The molecule has 1 rings (SSSR count). The number of hydrogen-bond acceptors (Lipinski definition) is 1. The molecule has 3 heteroatoms. The van der Waals surface area contributed by atoms with Gasteiger partial charge in [0.1, 0.15) is 4.71 Å². The van der Waals surface area contributed by atoms with E-state index >= 15 is 0 Å². The molecular formula is C4H4Cl2S. The third-order valence-corrected chi connectivity index (χ3v) is 2.84. The van der Waals surface area contributed by atoms with Crippen LogP contribution in [0.4, 0.5) is 0 Å². The van der Waals surface area contributed by atoms with Gasteiger partial charge in [0.15, 0.2) is 0 Å². The van der Waals surface area contributed by atoms with Crippen molar-refractivity contribution in [1.29, 1.82) is 0 Å². The standard InChI is InChI=1S/C4H4Cl2S/c5-3-1-2-7-4(3)6/h1-4H. The number of allylic oxidation sites excluding steroid dienone is 1. The number of rotatable bonds is 0. The van der Waals surface area contributed by atoms with Crippen LogP contribution in [-0.2, 0) is 0 Å². The van der Waals surface area contributed by atoms with Gasteiger partial charge in [-0.25, -0.2) is 0 Å². The van der Waals surface area contributed by atoms with Crippen molar-refractivity contribution in [1.82, 2.24) is 0 Å². The predicted octanol–water partition coefficient (Wildman–Crippen LogP) is 2.42. The highest BCUT2D eigenvalue weighted by molar-refractivity contribution is 8.04. The maximum absolute atomic E-state index is 5.63. The molecule has 0 N–H and O–H groups in total. The van der Waals surface area contributed by atoms with Crippen molar-refractivity contribution in [3.63, 3.8) is 0 Å². The summed E-state index contributed by atoms with van der Waals surface area (Å²) in [4.78, 5) is 0. The van der Waals surface area contributed by atoms with Crippen molar-refractivity contribution < 1.29 is 0 Å². The summed E-state index contributed by atoms with van der Waals surface area (Å²) in [5, 5.41) is 1.96. The molecule has 0 fully saturated rings. The molecule has 0 amide bonds. The normalized spacial score (nSPS) is 39.7. The number of halogens is 2. The summed E-state index contributed by atoms with van der Waals surface area (Å²) in [6.45, 7) is 0. The first-order valence-corrected chi connectivity index (χ1v) is 3.72. The molecule has 40 valence electrons. The van der Waals surface area contributed by atoms with Gasteiger partial charge in [0.05, 0.1) is 5.38 Å². The molecule has 7 heavy (non-hydrogen) atoms. The molecule has 0 spiro atoms. The molecular weight excluding hydrogens is 151 g/mol. The highest BCUT2D eigenvalue weighted by Gasteiger charge is 2.17. The van der Waals surface area contributed by atoms with Crippen molar-refractivity contribution in [2.24, 2.45) is 0 Å². The van der Waals surface area contributed by atoms with E-state index in [9.17, 15) is 0 Å². The maximum Gasteiger partial charge on any atom is 0.103 e. The van der Waals surface area contributed by atoms with E-state index < -0.39 is 0 Å². The summed E-state index contributed by atoms with van der Waals surface area (Å²) < 4.78 is 0.0571. The Morgan fingerprint density at radius 3 is 2.29 bits per heavy atom. The highest BCUT2D eigenvalue weighted by Crippen LogP contribution is 2.30. The Morgan fingerprint density at radius 1 is 1.43 bits per heavy atom. The Bertz CT molecular complexity index is 91.7. The van der Waals surface area contributed by atoms with Crippen molar-refractivity contribution in [2.45, 2.75) is 10.1 Å². The van der Waals surface area contributed by atoms with E-state index in [2.05, 4.69) is 0 Å². The first-order chi connectivity index (χ1) is 3.30. The quantitative estimate of drug-likeness (QED) is 0.484. The zero-order valence-electron chi connectivity index (χ0n) is 3.47. The van der Waals surface area contributed by atoms with Crippen molar-refractivity contribution >= 4 is 35.0 Å². The SMILES string of the molecule is ClC1C=CSC1Cl. The van der Waals surface area contributed by atoms with Gasteiger partial charge in [0.2, 0.25) is 0 Å². The summed E-state index contributed by atoms with van der Waals surface area (Å²) in [6, 6.07) is 0. The van der Waals surface area contributed by atoms with Gasteiger partial charge in [-0.1, -0.05) is 6.08 Å². The molecule has 0 saturated heterocycles. The monoisotopic (exact) mass is 154 g/mol. The Labute approximate surface area is 56.9 Å². The zero-order valence-corrected chi connectivity index (χ0v) is 5.80. The van der Waals surface area contributed by atoms with E-state index in [4.69, 9.17) is 23.2 Å². The lowest BCUT2D eigenvalue weighted by Crippen LogP contribution is -2.00. The van der Waals surface area contributed by atoms with Crippen LogP contribution in [-0.4, -0.2) is 10.1 Å². The second kappa shape index (κ2) is 2.29. The summed E-state index contributed by atoms with van der Waals surface area (Å²) in [6.07, 6.45) is 1.89. The van der Waals surface area contributed by atoms with Crippen molar-refractivity contribution in [2.75, 3.05) is 0 Å². The first kappa shape index (κ1) is 5.80. The molecule has 0 nitrogen and oxygen atoms in total. The van der Waals surface area contributed by atoms with Crippen LogP contribution in [0.2, 0.25) is 0 Å². The Balaban J connectivity index is 2.45. The Kier molecular flexibility index (Phi) is 1.90. The number of thioether (sulfide) groups is 1. The van der Waals surface area contributed by atoms with Gasteiger partial charge in [-0.05, 0) is 5.41 Å². The van der Waals surface area contributed by atoms with E-state index in [1.54, 1.807) is 11.8 Å². The molecule has 0 aromatic carbocycles. The van der Waals surface area contributed by atoms with Gasteiger partial charge in [-0.2, -0.15) is 0 Å². The molecule has 0 aromatic rings. The summed E-state index contributed by atoms with van der Waals surface area (Å²) in [5.41, 5.74) is 0. The lowest BCUT2D eigenvalue weighted by molar-refractivity contribution is 1.20. The fourth-order valence-corrected chi connectivity index (χ4v) is 1.61. The minimum atomic E-state index is 0.0340. The van der Waals surface area contributed by atoms with Crippen LogP contribution >= 0.6 is 35.0 Å². The average molecular weight is 155 g/mol. The molecule has 0 bridgehead atoms. The van der Waals surface area contributed by atoms with Gasteiger partial charge < -0.3 is 0 Å². The van der Waals surface area contributed by atoms with Crippen LogP contribution in [0.1, 0.15) is 0 Å². The van der Waals surface area contributed by atoms with Gasteiger partial charge in [0, 0.05) is 0 Å². The highest BCUT2D eigenvalue weighted by atomic mass is 35.5. The van der Waals surface area contributed by atoms with Crippen LogP contribution < -0.4 is 0 Å². The van der Waals surface area contributed by atoms with Gasteiger partial charge >= 0.3 is 0 Å². The lowest BCUT2D eigenvalue weighted by Gasteiger charge is -1.98. The topological polar surface area (TPSA) is 0 Å². The number of hydrogen-bond donors (Lipinski definition) is 0. The van der Waals surface area contributed by atoms with E-state index in [1.165, 1.54) is 0 Å². The molecule has 1 heterocycles. The van der Waals surface area contributed by atoms with E-state index in [0.717, 1.165) is 0 Å². The first-order valence-electron chi connectivity index (χ1n) is 1.91. The maximum atomic E-state index is 5.63. The lowest BCUT2D eigenvalue weighted by atomic mass is 10.5. The van der Waals surface area contributed by atoms with Crippen molar-refractivity contribution in [3.05, 3.63) is 11.5 Å². The predicted molar refractivity (Wildman–Crippen MR) is 36.0 cm³/mol. The van der Waals surface area contributed by atoms with E-state index in [-0.39, 0.29) is 10.1 Å². The third-order valence-electron chi connectivity index (χ3n) is 0.721. The van der Waals surface area contributed by atoms with E-state index in [0.29, 0.717) is 0 Å². The van der Waals surface area contributed by atoms with Gasteiger partial charge in [-0.15, -0.1) is 35.0 Å². The van der Waals surface area contributed by atoms with Crippen LogP contribution in [0.25, 0.3) is 0 Å². The van der Waals surface area contributed by atoms with E-state index in [1.807, 2.05) is 11.5 Å². The smallest absolute Gasteiger partial charge is 0.103 e. The van der Waals surface area contributed by atoms with Crippen LogP contribution in [0.5, 0.6) is 0 Å². The van der Waals surface area contributed by atoms with Crippen molar-refractivity contribution in [3.8, 4) is 0 Å². The molecule has 0 saturated carbocycles. The van der Waals surface area contributed by atoms with Crippen LogP contribution in [0.15, 0.2) is 11.5 Å². The fraction of sp³-hybridized carbons (Fsp3) is 0.500. The molecule has 1 aliphatic rings. The minimum Gasteiger partial charge on any atom is -0.116 e. The molecule has 0 aliphatic carbocycles. The Morgan fingerprint density at radius 2 is 2.14 bits per heavy atom. The second-order valence-electron chi connectivity index (χ2n) is 1.26. The van der Waals surface area contributed by atoms with Crippen LogP contribution in [0.3, 0.4) is 0 Å². The Hall–Kier alpha value is 0.670. The zero-order chi connectivity index (χ0) is 5.28. The molecule has 2 atom stereocenters. The number of alkyl halides is 2. The average Bonchev–Trinajstić information content (AvgIpc) is 1.91. The summed E-state index contributed by atoms with van der Waals surface area (Å²) in [7, 11) is 0. The molecule has 0 radical (unpaired) electrons. The summed E-state index contributed by atoms with van der Waals surface area (Å²) in [5.74, 6) is 0. The van der Waals surface area contributed by atoms with Gasteiger partial charge in [0.25, 0.3) is 0 Å². The molecule has 2 unspecified atom stereocenters.